The van der Waals surface area contributed by atoms with Crippen molar-refractivity contribution in [1.29, 1.82) is 0 Å². The fraction of sp³-hybridized carbons (Fsp3) is 0.212. The molecule has 0 saturated heterocycles. The molecule has 4 aromatic carbocycles. The van der Waals surface area contributed by atoms with Crippen LogP contribution in [0, 0.1) is 13.8 Å². The van der Waals surface area contributed by atoms with Crippen LogP contribution in [0.15, 0.2) is 102 Å². The standard InChI is InChI=1S/C33H33Cl2N3O4S/c1-23-11-10-16-30(24(23)2)38(43(41,42)28-14-8-5-9-15-28)22-32(39)37(21-26-17-18-27(34)20-29(26)35)31(33(40)36-3)19-25-12-6-4-7-13-25/h4-18,20,31H,19,21-22H2,1-3H3,(H,36,40)/t31-/m1/s1. The molecule has 0 saturated carbocycles. The van der Waals surface area contributed by atoms with Gasteiger partial charge < -0.3 is 10.2 Å². The zero-order valence-electron chi connectivity index (χ0n) is 24.1. The number of amides is 2. The summed E-state index contributed by atoms with van der Waals surface area (Å²) in [5.41, 5.74) is 3.36. The number of nitrogens with one attached hydrogen (secondary N) is 1. The van der Waals surface area contributed by atoms with Gasteiger partial charge >= 0.3 is 0 Å². The fourth-order valence-corrected chi connectivity index (χ4v) is 6.75. The van der Waals surface area contributed by atoms with Gasteiger partial charge in [0.1, 0.15) is 12.6 Å². The van der Waals surface area contributed by atoms with Crippen LogP contribution in [0.3, 0.4) is 0 Å². The van der Waals surface area contributed by atoms with Crippen molar-refractivity contribution in [1.82, 2.24) is 10.2 Å². The molecular formula is C33H33Cl2N3O4S. The highest BCUT2D eigenvalue weighted by atomic mass is 35.5. The Morgan fingerprint density at radius 2 is 1.51 bits per heavy atom. The predicted molar refractivity (Wildman–Crippen MR) is 172 cm³/mol. The van der Waals surface area contributed by atoms with E-state index >= 15 is 0 Å². The van der Waals surface area contributed by atoms with Crippen LogP contribution < -0.4 is 9.62 Å². The summed E-state index contributed by atoms with van der Waals surface area (Å²) in [6, 6.07) is 26.5. The quantitative estimate of drug-likeness (QED) is 0.212. The van der Waals surface area contributed by atoms with Crippen molar-refractivity contribution in [2.24, 2.45) is 0 Å². The van der Waals surface area contributed by atoms with Crippen molar-refractivity contribution >= 4 is 50.7 Å². The molecule has 0 aliphatic carbocycles. The van der Waals surface area contributed by atoms with Gasteiger partial charge in [-0.25, -0.2) is 8.42 Å². The molecule has 1 atom stereocenters. The van der Waals surface area contributed by atoms with Crippen molar-refractivity contribution in [2.45, 2.75) is 37.8 Å². The maximum absolute atomic E-state index is 14.4. The Morgan fingerprint density at radius 3 is 2.14 bits per heavy atom. The molecule has 10 heteroatoms. The van der Waals surface area contributed by atoms with Crippen LogP contribution in [0.5, 0.6) is 0 Å². The summed E-state index contributed by atoms with van der Waals surface area (Å²) in [6.45, 7) is 3.10. The van der Waals surface area contributed by atoms with Crippen LogP contribution in [-0.4, -0.2) is 44.8 Å². The lowest BCUT2D eigenvalue weighted by Crippen LogP contribution is -2.53. The van der Waals surface area contributed by atoms with E-state index < -0.39 is 34.4 Å². The largest absolute Gasteiger partial charge is 0.357 e. The van der Waals surface area contributed by atoms with Crippen molar-refractivity contribution in [3.05, 3.63) is 129 Å². The molecule has 4 rings (SSSR count). The first-order chi connectivity index (χ1) is 20.5. The molecule has 7 nitrogen and oxygen atoms in total. The van der Waals surface area contributed by atoms with E-state index in [2.05, 4.69) is 5.32 Å². The highest BCUT2D eigenvalue weighted by Gasteiger charge is 2.35. The molecule has 0 fully saturated rings. The number of likely N-dealkylation sites (N-methyl/N-ethyl adjacent to an activating group) is 1. The van der Waals surface area contributed by atoms with Gasteiger partial charge in [0, 0.05) is 30.1 Å². The molecule has 0 aliphatic heterocycles. The van der Waals surface area contributed by atoms with E-state index in [9.17, 15) is 18.0 Å². The molecule has 4 aromatic rings. The van der Waals surface area contributed by atoms with Gasteiger partial charge in [-0.15, -0.1) is 0 Å². The molecule has 0 unspecified atom stereocenters. The van der Waals surface area contributed by atoms with Gasteiger partial charge in [-0.2, -0.15) is 0 Å². The van der Waals surface area contributed by atoms with Crippen LogP contribution in [-0.2, 0) is 32.6 Å². The van der Waals surface area contributed by atoms with E-state index in [1.54, 1.807) is 48.5 Å². The van der Waals surface area contributed by atoms with Crippen LogP contribution in [0.25, 0.3) is 0 Å². The number of aryl methyl sites for hydroxylation is 1. The van der Waals surface area contributed by atoms with Crippen molar-refractivity contribution in [3.8, 4) is 0 Å². The third-order valence-corrected chi connectivity index (χ3v) is 9.69. The number of rotatable bonds is 11. The Morgan fingerprint density at radius 1 is 0.860 bits per heavy atom. The molecule has 0 aromatic heterocycles. The summed E-state index contributed by atoms with van der Waals surface area (Å²) in [5.74, 6) is -0.970. The van der Waals surface area contributed by atoms with E-state index in [4.69, 9.17) is 23.2 Å². The van der Waals surface area contributed by atoms with Crippen LogP contribution in [0.2, 0.25) is 10.0 Å². The molecule has 0 bridgehead atoms. The van der Waals surface area contributed by atoms with Crippen LogP contribution >= 0.6 is 23.2 Å². The molecule has 0 aliphatic rings. The summed E-state index contributed by atoms with van der Waals surface area (Å²) < 4.78 is 29.3. The normalized spacial score (nSPS) is 11.9. The van der Waals surface area contributed by atoms with E-state index in [0.29, 0.717) is 26.9 Å². The fourth-order valence-electron chi connectivity index (χ4n) is 4.79. The Labute approximate surface area is 263 Å². The van der Waals surface area contributed by atoms with Gasteiger partial charge in [-0.1, -0.05) is 89.9 Å². The molecule has 43 heavy (non-hydrogen) atoms. The van der Waals surface area contributed by atoms with Gasteiger partial charge in [-0.3, -0.25) is 13.9 Å². The minimum atomic E-state index is -4.18. The first-order valence-corrected chi connectivity index (χ1v) is 15.9. The molecule has 1 N–H and O–H groups in total. The lowest BCUT2D eigenvalue weighted by atomic mass is 10.0. The van der Waals surface area contributed by atoms with Crippen LogP contribution in [0.1, 0.15) is 22.3 Å². The van der Waals surface area contributed by atoms with Crippen molar-refractivity contribution in [2.75, 3.05) is 17.9 Å². The summed E-state index contributed by atoms with van der Waals surface area (Å²) in [6.07, 6.45) is 0.201. The maximum atomic E-state index is 14.4. The third kappa shape index (κ3) is 7.57. The third-order valence-electron chi connectivity index (χ3n) is 7.33. The minimum absolute atomic E-state index is 0.0446. The zero-order valence-corrected chi connectivity index (χ0v) is 26.5. The van der Waals surface area contributed by atoms with Gasteiger partial charge in [0.15, 0.2) is 0 Å². The summed E-state index contributed by atoms with van der Waals surface area (Å²) in [7, 11) is -2.68. The second-order valence-corrected chi connectivity index (χ2v) is 12.8. The number of halogens is 2. The number of benzene rings is 4. The smallest absolute Gasteiger partial charge is 0.264 e. The topological polar surface area (TPSA) is 86.8 Å². The average molecular weight is 639 g/mol. The number of nitrogens with zero attached hydrogens (tertiary/aromatic N) is 2. The number of anilines is 1. The Hall–Kier alpha value is -3.85. The lowest BCUT2D eigenvalue weighted by Gasteiger charge is -2.34. The summed E-state index contributed by atoms with van der Waals surface area (Å²) >= 11 is 12.6. The Kier molecular flexibility index (Phi) is 10.5. The van der Waals surface area contributed by atoms with E-state index in [-0.39, 0.29) is 17.9 Å². The number of hydrogen-bond donors (Lipinski definition) is 1. The Bertz CT molecular complexity index is 1700. The first-order valence-electron chi connectivity index (χ1n) is 13.7. The van der Waals surface area contributed by atoms with Gasteiger partial charge in [0.25, 0.3) is 10.0 Å². The minimum Gasteiger partial charge on any atom is -0.357 e. The maximum Gasteiger partial charge on any atom is 0.264 e. The number of carbonyl (C=O) groups excluding carboxylic acids is 2. The summed E-state index contributed by atoms with van der Waals surface area (Å²) in [5, 5.41) is 3.42. The molecule has 2 amide bonds. The molecule has 0 spiro atoms. The van der Waals surface area contributed by atoms with E-state index in [0.717, 1.165) is 15.4 Å². The zero-order chi connectivity index (χ0) is 31.1. The molecule has 0 heterocycles. The Balaban J connectivity index is 1.83. The number of hydrogen-bond acceptors (Lipinski definition) is 4. The monoisotopic (exact) mass is 637 g/mol. The number of carbonyl (C=O) groups is 2. The SMILES string of the molecule is CNC(=O)[C@@H](Cc1ccccc1)N(Cc1ccc(Cl)cc1Cl)C(=O)CN(c1cccc(C)c1C)S(=O)(=O)c1ccccc1. The van der Waals surface area contributed by atoms with Gasteiger partial charge in [-0.05, 0) is 66.4 Å². The second-order valence-electron chi connectivity index (χ2n) is 10.1. The first kappa shape index (κ1) is 32.1. The highest BCUT2D eigenvalue weighted by molar-refractivity contribution is 7.92. The predicted octanol–water partition coefficient (Wildman–Crippen LogP) is 6.19. The van der Waals surface area contributed by atoms with Crippen LogP contribution in [0.4, 0.5) is 5.69 Å². The highest BCUT2D eigenvalue weighted by Crippen LogP contribution is 2.30. The molecule has 224 valence electrons. The van der Waals surface area contributed by atoms with Crippen molar-refractivity contribution < 1.29 is 18.0 Å². The number of sulfonamides is 1. The van der Waals surface area contributed by atoms with Gasteiger partial charge in [0.2, 0.25) is 11.8 Å². The van der Waals surface area contributed by atoms with E-state index in [1.165, 1.54) is 24.1 Å². The second kappa shape index (κ2) is 14.1. The molecular weight excluding hydrogens is 605 g/mol. The lowest BCUT2D eigenvalue weighted by molar-refractivity contribution is -0.139. The molecule has 0 radical (unpaired) electrons. The van der Waals surface area contributed by atoms with E-state index in [1.807, 2.05) is 50.2 Å². The van der Waals surface area contributed by atoms with Gasteiger partial charge in [0.05, 0.1) is 10.6 Å². The average Bonchev–Trinajstić information content (AvgIpc) is 3.00. The van der Waals surface area contributed by atoms with Crippen molar-refractivity contribution in [3.63, 3.8) is 0 Å². The summed E-state index contributed by atoms with van der Waals surface area (Å²) in [4.78, 5) is 29.2.